The Kier molecular flexibility index (Phi) is 6.16. The number of esters is 1. The Morgan fingerprint density at radius 3 is 2.61 bits per heavy atom. The van der Waals surface area contributed by atoms with Crippen LogP contribution in [0.4, 0.5) is 0 Å². The van der Waals surface area contributed by atoms with Gasteiger partial charge in [0.2, 0.25) is 0 Å². The number of rotatable bonds is 5. The van der Waals surface area contributed by atoms with Crippen molar-refractivity contribution in [1.29, 1.82) is 0 Å². The molecule has 0 saturated heterocycles. The maximum Gasteiger partial charge on any atom is 0.343 e. The third kappa shape index (κ3) is 5.20. The fourth-order valence-corrected chi connectivity index (χ4v) is 3.32. The molecule has 1 heterocycles. The third-order valence-corrected chi connectivity index (χ3v) is 4.96. The highest BCUT2D eigenvalue weighted by molar-refractivity contribution is 9.10. The molecule has 0 aliphatic carbocycles. The van der Waals surface area contributed by atoms with Crippen LogP contribution in [0.2, 0.25) is 5.02 Å². The Morgan fingerprint density at radius 1 is 1.03 bits per heavy atom. The molecule has 0 fully saturated rings. The zero-order valence-corrected chi connectivity index (χ0v) is 18.2. The van der Waals surface area contributed by atoms with E-state index in [2.05, 4.69) is 26.5 Å². The summed E-state index contributed by atoms with van der Waals surface area (Å²) in [5.41, 5.74) is 4.10. The number of hydrogen-bond acceptors (Lipinski definition) is 5. The normalized spacial score (nSPS) is 11.0. The van der Waals surface area contributed by atoms with Gasteiger partial charge in [-0.2, -0.15) is 5.10 Å². The van der Waals surface area contributed by atoms with E-state index < -0.39 is 11.9 Å². The number of furan rings is 1. The number of hydrogen-bond donors (Lipinski definition) is 1. The molecule has 31 heavy (non-hydrogen) atoms. The quantitative estimate of drug-likeness (QED) is 0.163. The minimum absolute atomic E-state index is 0.161. The van der Waals surface area contributed by atoms with Crippen molar-refractivity contribution in [1.82, 2.24) is 5.43 Å². The smallest absolute Gasteiger partial charge is 0.343 e. The fraction of sp³-hybridized carbons (Fsp3) is 0. The van der Waals surface area contributed by atoms with Crippen molar-refractivity contribution in [3.05, 3.63) is 99.2 Å². The minimum atomic E-state index is -0.506. The monoisotopic (exact) mass is 496 g/mol. The highest BCUT2D eigenvalue weighted by Gasteiger charge is 2.12. The molecule has 6 nitrogen and oxygen atoms in total. The molecule has 1 amide bonds. The van der Waals surface area contributed by atoms with Crippen LogP contribution < -0.4 is 10.2 Å². The summed E-state index contributed by atoms with van der Waals surface area (Å²) in [5, 5.41) is 5.21. The molecule has 0 saturated carbocycles. The largest absolute Gasteiger partial charge is 0.451 e. The summed E-state index contributed by atoms with van der Waals surface area (Å²) in [7, 11) is 0. The molecular formula is C23H14BrClN2O4. The van der Waals surface area contributed by atoms with E-state index >= 15 is 0 Å². The SMILES string of the molecule is O=C(Oc1ccc(/C=N\NC(=O)c2cc3cc(Br)ccc3o2)cc1)c1cccc(Cl)c1. The average Bonchev–Trinajstić information content (AvgIpc) is 3.18. The van der Waals surface area contributed by atoms with Gasteiger partial charge in [0, 0.05) is 14.9 Å². The molecule has 0 radical (unpaired) electrons. The van der Waals surface area contributed by atoms with Crippen molar-refractivity contribution in [3.8, 4) is 5.75 Å². The second-order valence-corrected chi connectivity index (χ2v) is 7.81. The highest BCUT2D eigenvalue weighted by atomic mass is 79.9. The summed E-state index contributed by atoms with van der Waals surface area (Å²) < 4.78 is 11.7. The van der Waals surface area contributed by atoms with Crippen LogP contribution in [0.1, 0.15) is 26.5 Å². The first-order valence-electron chi connectivity index (χ1n) is 9.08. The van der Waals surface area contributed by atoms with E-state index in [-0.39, 0.29) is 5.76 Å². The van der Waals surface area contributed by atoms with Crippen LogP contribution in [0, 0.1) is 0 Å². The molecule has 0 aliphatic heterocycles. The zero-order chi connectivity index (χ0) is 21.8. The molecule has 1 aromatic heterocycles. The van der Waals surface area contributed by atoms with E-state index in [1.807, 2.05) is 12.1 Å². The van der Waals surface area contributed by atoms with E-state index in [0.717, 1.165) is 9.86 Å². The van der Waals surface area contributed by atoms with Crippen LogP contribution in [0.25, 0.3) is 11.0 Å². The van der Waals surface area contributed by atoms with Gasteiger partial charge in [-0.1, -0.05) is 33.6 Å². The number of nitrogens with one attached hydrogen (secondary N) is 1. The average molecular weight is 498 g/mol. The van der Waals surface area contributed by atoms with Crippen molar-refractivity contribution >= 4 is 56.6 Å². The van der Waals surface area contributed by atoms with Gasteiger partial charge in [0.05, 0.1) is 11.8 Å². The van der Waals surface area contributed by atoms with Crippen LogP contribution in [0.5, 0.6) is 5.75 Å². The lowest BCUT2D eigenvalue weighted by molar-refractivity contribution is 0.0734. The summed E-state index contributed by atoms with van der Waals surface area (Å²) >= 11 is 9.27. The van der Waals surface area contributed by atoms with Crippen molar-refractivity contribution in [2.75, 3.05) is 0 Å². The molecule has 4 aromatic rings. The number of fused-ring (bicyclic) bond motifs is 1. The fourth-order valence-electron chi connectivity index (χ4n) is 2.75. The maximum absolute atomic E-state index is 12.2. The third-order valence-electron chi connectivity index (χ3n) is 4.23. The molecular weight excluding hydrogens is 484 g/mol. The van der Waals surface area contributed by atoms with E-state index in [4.69, 9.17) is 20.8 Å². The van der Waals surface area contributed by atoms with Gasteiger partial charge in [-0.05, 0) is 72.3 Å². The molecule has 0 bridgehead atoms. The van der Waals surface area contributed by atoms with Crippen LogP contribution in [0.15, 0.2) is 86.8 Å². The van der Waals surface area contributed by atoms with Gasteiger partial charge >= 0.3 is 11.9 Å². The van der Waals surface area contributed by atoms with Crippen LogP contribution in [-0.2, 0) is 0 Å². The molecule has 0 atom stereocenters. The zero-order valence-electron chi connectivity index (χ0n) is 15.8. The standard InChI is InChI=1S/C23H14BrClN2O4/c24-17-6-9-20-16(10-17)12-21(31-20)22(28)27-26-13-14-4-7-19(8-5-14)30-23(29)15-2-1-3-18(25)11-15/h1-13H,(H,27,28)/b26-13-. The van der Waals surface area contributed by atoms with E-state index in [1.54, 1.807) is 54.6 Å². The van der Waals surface area contributed by atoms with Crippen molar-refractivity contribution in [3.63, 3.8) is 0 Å². The first kappa shape index (κ1) is 20.8. The van der Waals surface area contributed by atoms with Crippen LogP contribution >= 0.6 is 27.5 Å². The van der Waals surface area contributed by atoms with E-state index in [0.29, 0.717) is 27.5 Å². The van der Waals surface area contributed by atoms with Gasteiger partial charge in [0.1, 0.15) is 11.3 Å². The lowest BCUT2D eigenvalue weighted by atomic mass is 10.2. The van der Waals surface area contributed by atoms with Crippen molar-refractivity contribution < 1.29 is 18.7 Å². The maximum atomic E-state index is 12.2. The number of nitrogens with zero attached hydrogens (tertiary/aromatic N) is 1. The number of benzene rings is 3. The Labute approximate surface area is 190 Å². The van der Waals surface area contributed by atoms with Crippen LogP contribution in [-0.4, -0.2) is 18.1 Å². The second kappa shape index (κ2) is 9.16. The lowest BCUT2D eigenvalue weighted by Crippen LogP contribution is -2.16. The second-order valence-electron chi connectivity index (χ2n) is 6.46. The molecule has 8 heteroatoms. The summed E-state index contributed by atoms with van der Waals surface area (Å²) in [5.74, 6) is -0.433. The highest BCUT2D eigenvalue weighted by Crippen LogP contribution is 2.23. The Morgan fingerprint density at radius 2 is 1.84 bits per heavy atom. The summed E-state index contributed by atoms with van der Waals surface area (Å²) in [6, 6.07) is 20.3. The lowest BCUT2D eigenvalue weighted by Gasteiger charge is -2.05. The predicted octanol–water partition coefficient (Wildman–Crippen LogP) is 5.83. The minimum Gasteiger partial charge on any atom is -0.451 e. The summed E-state index contributed by atoms with van der Waals surface area (Å²) in [4.78, 5) is 24.4. The number of carbonyl (C=O) groups excluding carboxylic acids is 2. The van der Waals surface area contributed by atoms with Crippen molar-refractivity contribution in [2.45, 2.75) is 0 Å². The van der Waals surface area contributed by atoms with Crippen molar-refractivity contribution in [2.24, 2.45) is 5.10 Å². The number of hydrazone groups is 1. The van der Waals surface area contributed by atoms with Crippen LogP contribution in [0.3, 0.4) is 0 Å². The Balaban J connectivity index is 1.35. The van der Waals surface area contributed by atoms with Gasteiger partial charge in [0.15, 0.2) is 5.76 Å². The molecule has 0 unspecified atom stereocenters. The molecule has 4 rings (SSSR count). The number of carbonyl (C=O) groups is 2. The van der Waals surface area contributed by atoms with Gasteiger partial charge in [-0.3, -0.25) is 4.79 Å². The van der Waals surface area contributed by atoms with Gasteiger partial charge < -0.3 is 9.15 Å². The molecule has 0 spiro atoms. The molecule has 1 N–H and O–H groups in total. The first-order valence-corrected chi connectivity index (χ1v) is 10.3. The molecule has 154 valence electrons. The molecule has 3 aromatic carbocycles. The number of halogens is 2. The summed E-state index contributed by atoms with van der Waals surface area (Å²) in [6.07, 6.45) is 1.47. The predicted molar refractivity (Wildman–Crippen MR) is 122 cm³/mol. The van der Waals surface area contributed by atoms with Gasteiger partial charge in [-0.25, -0.2) is 10.2 Å². The van der Waals surface area contributed by atoms with E-state index in [9.17, 15) is 9.59 Å². The summed E-state index contributed by atoms with van der Waals surface area (Å²) in [6.45, 7) is 0. The van der Waals surface area contributed by atoms with Gasteiger partial charge in [-0.15, -0.1) is 0 Å². The topological polar surface area (TPSA) is 80.9 Å². The first-order chi connectivity index (χ1) is 15.0. The molecule has 0 aliphatic rings. The Hall–Kier alpha value is -3.42. The number of amides is 1. The number of ether oxygens (including phenoxy) is 1. The Bertz CT molecular complexity index is 1300. The van der Waals surface area contributed by atoms with Gasteiger partial charge in [0.25, 0.3) is 0 Å². The van der Waals surface area contributed by atoms with E-state index in [1.165, 1.54) is 12.3 Å².